The number of imidazole rings is 1. The Morgan fingerprint density at radius 2 is 1.43 bits per heavy atom. The van der Waals surface area contributed by atoms with Crippen LogP contribution in [-0.4, -0.2) is 68.2 Å². The third kappa shape index (κ3) is 12.0. The number of rotatable bonds is 17. The largest absolute Gasteiger partial charge is 0.464 e. The van der Waals surface area contributed by atoms with Gasteiger partial charge in [-0.3, -0.25) is 14.2 Å². The number of nitrogens with two attached hydrogens (primary N) is 1. The molecule has 0 saturated heterocycles. The van der Waals surface area contributed by atoms with Gasteiger partial charge >= 0.3 is 11.9 Å². The quantitative estimate of drug-likeness (QED) is 0.112. The van der Waals surface area contributed by atoms with Crippen molar-refractivity contribution >= 4 is 36.4 Å². The van der Waals surface area contributed by atoms with Crippen molar-refractivity contribution in [3.8, 4) is 0 Å². The number of aromatic nitrogens is 4. The average Bonchev–Trinajstić information content (AvgIpc) is 3.42. The molecule has 2 aromatic heterocycles. The van der Waals surface area contributed by atoms with E-state index in [-0.39, 0.29) is 12.2 Å². The molecular weight excluding hydrogens is 669 g/mol. The number of nitrogens with zero attached hydrogens (tertiary/aromatic N) is 4. The van der Waals surface area contributed by atoms with E-state index in [2.05, 4.69) is 52.8 Å². The Morgan fingerprint density at radius 3 is 1.92 bits per heavy atom. The highest BCUT2D eigenvalue weighted by Crippen LogP contribution is 2.43. The van der Waals surface area contributed by atoms with Crippen molar-refractivity contribution in [2.24, 2.45) is 22.7 Å². The monoisotopic (exact) mass is 733 g/mol. The number of carbonyl (C=O) groups excluding carboxylic acids is 2. The zero-order valence-electron chi connectivity index (χ0n) is 32.5. The Morgan fingerprint density at radius 1 is 0.922 bits per heavy atom. The predicted molar refractivity (Wildman–Crippen MR) is 200 cm³/mol. The van der Waals surface area contributed by atoms with Crippen LogP contribution >= 0.6 is 7.44 Å². The average molecular weight is 734 g/mol. The highest BCUT2D eigenvalue weighted by Gasteiger charge is 2.43. The van der Waals surface area contributed by atoms with Gasteiger partial charge in [0.2, 0.25) is 7.44 Å². The van der Waals surface area contributed by atoms with E-state index in [1.165, 1.54) is 32.0 Å². The summed E-state index contributed by atoms with van der Waals surface area (Å²) < 4.78 is 34.2. The molecule has 2 saturated carbocycles. The molecule has 2 unspecified atom stereocenters. The first-order chi connectivity index (χ1) is 23.7. The van der Waals surface area contributed by atoms with Crippen molar-refractivity contribution in [2.75, 3.05) is 25.3 Å². The minimum Gasteiger partial charge on any atom is -0.464 e. The number of nitrogen functional groups attached to an aromatic ring is 1. The molecule has 4 rings (SSSR count). The Labute approximate surface area is 304 Å². The van der Waals surface area contributed by atoms with Gasteiger partial charge in [-0.2, -0.15) is 0 Å². The first-order valence-electron chi connectivity index (χ1n) is 18.7. The number of carbonyl (C=O) groups is 2. The molecule has 2 aromatic rings. The van der Waals surface area contributed by atoms with Gasteiger partial charge < -0.3 is 24.5 Å². The summed E-state index contributed by atoms with van der Waals surface area (Å²) in [5, 5.41) is 6.06. The van der Waals surface area contributed by atoms with E-state index in [0.29, 0.717) is 53.6 Å². The molecule has 288 valence electrons. The number of hydrogen-bond donors (Lipinski definition) is 3. The molecule has 13 nitrogen and oxygen atoms in total. The normalized spacial score (nSPS) is 22.6. The van der Waals surface area contributed by atoms with Gasteiger partial charge in [0.25, 0.3) is 0 Å². The fourth-order valence-electron chi connectivity index (χ4n) is 7.88. The molecule has 0 aromatic carbocycles. The van der Waals surface area contributed by atoms with Crippen molar-refractivity contribution in [3.05, 3.63) is 12.7 Å². The first-order valence-corrected chi connectivity index (χ1v) is 20.6. The van der Waals surface area contributed by atoms with Crippen LogP contribution < -0.4 is 15.9 Å². The maximum atomic E-state index is 14.8. The maximum Gasteiger partial charge on any atom is 0.326 e. The molecule has 0 amide bonds. The molecule has 4 N–H and O–H groups in total. The molecule has 2 fully saturated rings. The van der Waals surface area contributed by atoms with Gasteiger partial charge in [0, 0.05) is 0 Å². The molecule has 2 heterocycles. The lowest BCUT2D eigenvalue weighted by molar-refractivity contribution is -0.150. The van der Waals surface area contributed by atoms with Crippen LogP contribution in [0.25, 0.3) is 11.2 Å². The van der Waals surface area contributed by atoms with Crippen LogP contribution in [0.2, 0.25) is 0 Å². The van der Waals surface area contributed by atoms with E-state index < -0.39 is 36.6 Å². The predicted octanol–water partition coefficient (Wildman–Crippen LogP) is 7.00. The highest BCUT2D eigenvalue weighted by atomic mass is 31.2. The van der Waals surface area contributed by atoms with Crippen molar-refractivity contribution in [3.63, 3.8) is 0 Å². The van der Waals surface area contributed by atoms with Gasteiger partial charge in [-0.15, -0.1) is 0 Å². The standard InChI is InChI=1S/C37H64N7O6P/c1-26(22-44-24-41-29-30(38)39-23-40-31(29)44)50-25-51(47,42-36(6,7)32(45)48-18-14-27-12-10-16-34(2,3)20-27)43-37(8,9)33(46)49-19-15-28-13-11-17-35(4,5)21-28/h23-24,26-28H,10-22,25H2,1-9H3,(H2,38,39,40)(H2,42,43,47)/t26-,27?,28?,51?/m1/s1. The lowest BCUT2D eigenvalue weighted by atomic mass is 9.71. The molecule has 0 spiro atoms. The molecule has 0 radical (unpaired) electrons. The third-order valence-electron chi connectivity index (χ3n) is 10.5. The van der Waals surface area contributed by atoms with E-state index in [1.807, 2.05) is 6.92 Å². The molecule has 3 atom stereocenters. The molecule has 0 bridgehead atoms. The summed E-state index contributed by atoms with van der Waals surface area (Å²) in [5.41, 5.74) is 4.88. The van der Waals surface area contributed by atoms with Gasteiger partial charge in [-0.1, -0.05) is 53.4 Å². The van der Waals surface area contributed by atoms with Crippen molar-refractivity contribution in [1.29, 1.82) is 0 Å². The van der Waals surface area contributed by atoms with E-state index in [1.54, 1.807) is 38.6 Å². The zero-order chi connectivity index (χ0) is 37.7. The Hall–Kier alpha value is -2.60. The van der Waals surface area contributed by atoms with E-state index in [0.717, 1.165) is 38.5 Å². The van der Waals surface area contributed by atoms with Crippen LogP contribution in [0.5, 0.6) is 0 Å². The fraction of sp³-hybridized carbons (Fsp3) is 0.811. The summed E-state index contributed by atoms with van der Waals surface area (Å²) in [4.78, 5) is 39.5. The van der Waals surface area contributed by atoms with Crippen molar-refractivity contribution in [2.45, 2.75) is 150 Å². The first kappa shape index (κ1) is 41.2. The summed E-state index contributed by atoms with van der Waals surface area (Å²) >= 11 is 0. The van der Waals surface area contributed by atoms with Gasteiger partial charge in [0.1, 0.15) is 29.3 Å². The Balaban J connectivity index is 1.41. The fourth-order valence-corrected chi connectivity index (χ4v) is 10.5. The summed E-state index contributed by atoms with van der Waals surface area (Å²) in [6.07, 6.45) is 13.1. The second-order valence-electron chi connectivity index (χ2n) is 17.8. The summed E-state index contributed by atoms with van der Waals surface area (Å²) in [6, 6.07) is 0. The summed E-state index contributed by atoms with van der Waals surface area (Å²) in [6.45, 7) is 18.5. The highest BCUT2D eigenvalue weighted by molar-refractivity contribution is 7.59. The number of fused-ring (bicyclic) bond motifs is 1. The number of nitrogens with one attached hydrogen (secondary N) is 2. The molecule has 2 aliphatic carbocycles. The minimum absolute atomic E-state index is 0.276. The lowest BCUT2D eigenvalue weighted by Gasteiger charge is -2.36. The number of ether oxygens (including phenoxy) is 3. The summed E-state index contributed by atoms with van der Waals surface area (Å²) in [7, 11) is -3.82. The topological polar surface area (TPSA) is 173 Å². The minimum atomic E-state index is -3.82. The maximum absolute atomic E-state index is 14.8. The van der Waals surface area contributed by atoms with Gasteiger partial charge in [0.05, 0.1) is 32.2 Å². The Bertz CT molecular complexity index is 1480. The number of esters is 2. The second kappa shape index (κ2) is 16.6. The lowest BCUT2D eigenvalue weighted by Crippen LogP contribution is -2.54. The molecular formula is C37H64N7O6P. The zero-order valence-corrected chi connectivity index (χ0v) is 33.4. The Kier molecular flexibility index (Phi) is 13.4. The van der Waals surface area contributed by atoms with Crippen molar-refractivity contribution in [1.82, 2.24) is 29.7 Å². The summed E-state index contributed by atoms with van der Waals surface area (Å²) in [5.74, 6) is 0.245. The van der Waals surface area contributed by atoms with Crippen molar-refractivity contribution < 1.29 is 28.4 Å². The SMILES string of the molecule is C[C@H](Cn1cnc2c(N)ncnc21)OCP(=O)(NC(C)(C)C(=O)OCCC1CCCC(C)(C)C1)NC(C)(C)C(=O)OCCC1CCCC(C)(C)C1. The van der Waals surface area contributed by atoms with Gasteiger partial charge in [0.15, 0.2) is 11.5 Å². The number of anilines is 1. The number of hydrogen-bond acceptors (Lipinski definition) is 10. The van der Waals surface area contributed by atoms with E-state index >= 15 is 0 Å². The van der Waals surface area contributed by atoms with Crippen LogP contribution in [0, 0.1) is 22.7 Å². The van der Waals surface area contributed by atoms with Gasteiger partial charge in [-0.25, -0.2) is 25.1 Å². The molecule has 0 aliphatic heterocycles. The molecule has 2 aliphatic rings. The van der Waals surface area contributed by atoms with Gasteiger partial charge in [-0.05, 0) is 95.8 Å². The van der Waals surface area contributed by atoms with Crippen LogP contribution in [0.3, 0.4) is 0 Å². The molecule has 14 heteroatoms. The van der Waals surface area contributed by atoms with Crippen LogP contribution in [0.1, 0.15) is 127 Å². The second-order valence-corrected chi connectivity index (χ2v) is 19.9. The smallest absolute Gasteiger partial charge is 0.326 e. The van der Waals surface area contributed by atoms with Crippen LogP contribution in [0.4, 0.5) is 5.82 Å². The molecule has 51 heavy (non-hydrogen) atoms. The van der Waals surface area contributed by atoms with E-state index in [9.17, 15) is 14.2 Å². The van der Waals surface area contributed by atoms with Crippen LogP contribution in [0.15, 0.2) is 12.7 Å². The third-order valence-corrected chi connectivity index (χ3v) is 12.9. The van der Waals surface area contributed by atoms with E-state index in [4.69, 9.17) is 19.9 Å². The van der Waals surface area contributed by atoms with Crippen LogP contribution in [-0.2, 0) is 34.9 Å².